The van der Waals surface area contributed by atoms with Gasteiger partial charge in [0.15, 0.2) is 0 Å². The molecule has 12 rings (SSSR count). The zero-order chi connectivity index (χ0) is 41.9. The van der Waals surface area contributed by atoms with E-state index in [0.717, 1.165) is 50.4 Å². The van der Waals surface area contributed by atoms with Crippen LogP contribution in [0.1, 0.15) is 39.3 Å². The van der Waals surface area contributed by atoms with Crippen LogP contribution in [0.2, 0.25) is 0 Å². The first kappa shape index (κ1) is 36.6. The zero-order valence-electron chi connectivity index (χ0n) is 34.5. The summed E-state index contributed by atoms with van der Waals surface area (Å²) in [4.78, 5) is 5.51. The molecule has 2 heteroatoms. The Bertz CT molecular complexity index is 3600. The van der Waals surface area contributed by atoms with E-state index in [1.165, 1.54) is 65.7 Å². The van der Waals surface area contributed by atoms with Crippen molar-refractivity contribution >= 4 is 55.0 Å². The Morgan fingerprint density at radius 2 is 1.14 bits per heavy atom. The Labute approximate surface area is 367 Å². The molecule has 10 aromatic carbocycles. The number of rotatable bonds is 6. The minimum absolute atomic E-state index is 0.0899. The number of allylic oxidation sites excluding steroid dienone is 2. The van der Waals surface area contributed by atoms with Crippen molar-refractivity contribution in [3.8, 4) is 33.4 Å². The molecule has 2 nitrogen and oxygen atoms in total. The molecular weight excluding hydrogens is 761 g/mol. The molecule has 10 aromatic rings. The molecule has 0 fully saturated rings. The lowest BCUT2D eigenvalue weighted by atomic mass is 9.84. The van der Waals surface area contributed by atoms with Gasteiger partial charge >= 0.3 is 0 Å². The summed E-state index contributed by atoms with van der Waals surface area (Å²) in [5, 5.41) is 7.38. The van der Waals surface area contributed by atoms with Gasteiger partial charge < -0.3 is 5.73 Å². The minimum atomic E-state index is 0.0899. The normalized spacial score (nSPS) is 14.2. The molecule has 1 atom stereocenters. The van der Waals surface area contributed by atoms with Crippen molar-refractivity contribution in [2.75, 3.05) is 5.73 Å². The van der Waals surface area contributed by atoms with Gasteiger partial charge in [0, 0.05) is 34.4 Å². The Balaban J connectivity index is 1.10. The molecule has 0 spiro atoms. The molecular formula is C61H40N2. The quantitative estimate of drug-likeness (QED) is 0.102. The lowest BCUT2D eigenvalue weighted by Crippen LogP contribution is -2.03. The number of hydrogen-bond acceptors (Lipinski definition) is 2. The van der Waals surface area contributed by atoms with Crippen LogP contribution in [0.3, 0.4) is 0 Å². The number of fused-ring (bicyclic) bond motifs is 8. The smallest absolute Gasteiger partial charge is 0.0793 e. The van der Waals surface area contributed by atoms with Crippen molar-refractivity contribution < 1.29 is 0 Å². The van der Waals surface area contributed by atoms with Crippen LogP contribution in [0, 0.1) is 0 Å². The van der Waals surface area contributed by atoms with Crippen LogP contribution in [-0.2, 0) is 0 Å². The molecule has 1 heterocycles. The van der Waals surface area contributed by atoms with E-state index in [-0.39, 0.29) is 5.92 Å². The second-order valence-electron chi connectivity index (χ2n) is 16.6. The molecule has 0 unspecified atom stereocenters. The number of nitrogens with two attached hydrogens (primary N) is 1. The highest BCUT2D eigenvalue weighted by atomic mass is 14.8. The first-order chi connectivity index (χ1) is 31.1. The van der Waals surface area contributed by atoms with E-state index < -0.39 is 0 Å². The van der Waals surface area contributed by atoms with E-state index in [9.17, 15) is 0 Å². The highest BCUT2D eigenvalue weighted by Gasteiger charge is 2.33. The van der Waals surface area contributed by atoms with Crippen molar-refractivity contribution in [3.63, 3.8) is 0 Å². The summed E-state index contributed by atoms with van der Waals surface area (Å²) in [6, 6.07) is 76.4. The third kappa shape index (κ3) is 6.32. The lowest BCUT2D eigenvalue weighted by molar-refractivity contribution is 1.02. The van der Waals surface area contributed by atoms with Gasteiger partial charge in [-0.3, -0.25) is 0 Å². The van der Waals surface area contributed by atoms with Crippen LogP contribution < -0.4 is 5.73 Å². The molecule has 0 amide bonds. The fraction of sp³-hybridized carbons (Fsp3) is 0.0164. The minimum Gasteiger partial charge on any atom is -0.399 e. The van der Waals surface area contributed by atoms with Gasteiger partial charge in [-0.2, -0.15) is 0 Å². The van der Waals surface area contributed by atoms with E-state index in [4.69, 9.17) is 10.7 Å². The Morgan fingerprint density at radius 3 is 2.00 bits per heavy atom. The second kappa shape index (κ2) is 15.0. The first-order valence-electron chi connectivity index (χ1n) is 21.6. The maximum atomic E-state index is 6.76. The van der Waals surface area contributed by atoms with Crippen LogP contribution in [0.4, 0.5) is 5.69 Å². The van der Waals surface area contributed by atoms with Gasteiger partial charge in [0.25, 0.3) is 0 Å². The maximum absolute atomic E-state index is 6.76. The fourth-order valence-corrected chi connectivity index (χ4v) is 9.94. The Kier molecular flexibility index (Phi) is 8.71. The van der Waals surface area contributed by atoms with Gasteiger partial charge in [0.2, 0.25) is 0 Å². The molecule has 0 aromatic heterocycles. The average Bonchev–Trinajstić information content (AvgIpc) is 3.52. The molecule has 1 aliphatic carbocycles. The third-order valence-corrected chi connectivity index (χ3v) is 12.9. The number of nitrogen functional groups attached to an aromatic ring is 1. The molecule has 1 aliphatic heterocycles. The van der Waals surface area contributed by atoms with Crippen LogP contribution >= 0.6 is 0 Å². The van der Waals surface area contributed by atoms with E-state index in [0.29, 0.717) is 5.69 Å². The molecule has 0 saturated heterocycles. The van der Waals surface area contributed by atoms with Gasteiger partial charge in [0.05, 0.1) is 11.4 Å². The molecule has 2 aliphatic rings. The molecule has 0 saturated carbocycles. The van der Waals surface area contributed by atoms with Crippen LogP contribution in [0.15, 0.2) is 235 Å². The summed E-state index contributed by atoms with van der Waals surface area (Å²) in [5.41, 5.74) is 27.9. The van der Waals surface area contributed by atoms with Crippen LogP contribution in [0.25, 0.3) is 77.0 Å². The standard InChI is InChI=1S/C61H40N2/c62-48-29-30-50(55(38-48)57-33-28-45(37-58(63-57)41-17-5-2-6-18-41)44-22-13-21-43(34-44)39-14-3-1-4-15-39)56-36-46-20-9-10-23-49(46)53-31-32-54-59(47-27-26-40-16-7-8-19-42(40)35-47)51-24-11-12-25-52(51)60(54)61(53)56/h1-27,29-38,59H,62H2/t59-/m1/s1. The van der Waals surface area contributed by atoms with E-state index in [1.54, 1.807) is 0 Å². The zero-order valence-corrected chi connectivity index (χ0v) is 34.5. The van der Waals surface area contributed by atoms with Crippen molar-refractivity contribution in [1.29, 1.82) is 0 Å². The SMILES string of the molecule is Nc1ccc(-c2cc3ccccc3c3ccc4c(c23)-c2ccccc2[C@H]4c2ccc3ccccc3c2)c(C2=NC(c3ccccc3)=CC(c3cccc(-c4ccccc4)c3)=C=C2)c1. The highest BCUT2D eigenvalue weighted by molar-refractivity contribution is 6.23. The van der Waals surface area contributed by atoms with E-state index in [1.807, 2.05) is 18.2 Å². The van der Waals surface area contributed by atoms with Gasteiger partial charge in [0.1, 0.15) is 0 Å². The van der Waals surface area contributed by atoms with Gasteiger partial charge in [-0.1, -0.05) is 188 Å². The van der Waals surface area contributed by atoms with Crippen molar-refractivity contribution in [1.82, 2.24) is 0 Å². The van der Waals surface area contributed by atoms with E-state index in [2.05, 4.69) is 212 Å². The van der Waals surface area contributed by atoms with Gasteiger partial charge in [-0.15, -0.1) is 5.73 Å². The number of aliphatic imine (C=N–C) groups is 1. The summed E-state index contributed by atoms with van der Waals surface area (Å²) in [5.74, 6) is 0.0899. The summed E-state index contributed by atoms with van der Waals surface area (Å²) >= 11 is 0. The Morgan fingerprint density at radius 1 is 0.429 bits per heavy atom. The third-order valence-electron chi connectivity index (χ3n) is 12.9. The number of benzene rings is 10. The lowest BCUT2D eigenvalue weighted by Gasteiger charge is -2.19. The summed E-state index contributed by atoms with van der Waals surface area (Å²) < 4.78 is 0. The summed E-state index contributed by atoms with van der Waals surface area (Å²) in [6.07, 6.45) is 4.21. The number of hydrogen-bond donors (Lipinski definition) is 1. The molecule has 63 heavy (non-hydrogen) atoms. The topological polar surface area (TPSA) is 38.4 Å². The summed E-state index contributed by atoms with van der Waals surface area (Å²) in [6.45, 7) is 0. The van der Waals surface area contributed by atoms with E-state index >= 15 is 0 Å². The van der Waals surface area contributed by atoms with Crippen molar-refractivity contribution in [2.24, 2.45) is 4.99 Å². The predicted molar refractivity (Wildman–Crippen MR) is 266 cm³/mol. The number of nitrogens with zero attached hydrogens (tertiary/aromatic N) is 1. The van der Waals surface area contributed by atoms with Crippen LogP contribution in [0.5, 0.6) is 0 Å². The average molecular weight is 801 g/mol. The predicted octanol–water partition coefficient (Wildman–Crippen LogP) is 15.3. The van der Waals surface area contributed by atoms with Gasteiger partial charge in [-0.05, 0) is 118 Å². The molecule has 0 bridgehead atoms. The number of anilines is 1. The first-order valence-corrected chi connectivity index (χ1v) is 21.6. The maximum Gasteiger partial charge on any atom is 0.0793 e. The second-order valence-corrected chi connectivity index (χ2v) is 16.6. The van der Waals surface area contributed by atoms with Crippen molar-refractivity contribution in [2.45, 2.75) is 5.92 Å². The van der Waals surface area contributed by atoms with Crippen molar-refractivity contribution in [3.05, 3.63) is 264 Å². The fourth-order valence-electron chi connectivity index (χ4n) is 9.94. The monoisotopic (exact) mass is 800 g/mol. The highest BCUT2D eigenvalue weighted by Crippen LogP contribution is 2.54. The molecule has 2 N–H and O–H groups in total. The molecule has 294 valence electrons. The summed E-state index contributed by atoms with van der Waals surface area (Å²) in [7, 11) is 0. The largest absolute Gasteiger partial charge is 0.399 e. The molecule has 0 radical (unpaired) electrons. The Hall–Kier alpha value is -8.29. The van der Waals surface area contributed by atoms with Gasteiger partial charge in [-0.25, -0.2) is 4.99 Å². The van der Waals surface area contributed by atoms with Crippen LogP contribution in [-0.4, -0.2) is 5.71 Å².